The van der Waals surface area contributed by atoms with Gasteiger partial charge in [-0.3, -0.25) is 4.79 Å². The smallest absolute Gasteiger partial charge is 0.230 e. The van der Waals surface area contributed by atoms with E-state index in [1.807, 2.05) is 6.07 Å². The molecule has 1 heterocycles. The highest BCUT2D eigenvalue weighted by molar-refractivity contribution is 5.88. The number of likely N-dealkylation sites (tertiary alicyclic amines) is 1. The molecule has 3 heteroatoms. The molecule has 1 aromatic rings. The number of benzene rings is 1. The molecular weight excluding hydrogens is 308 g/mol. The van der Waals surface area contributed by atoms with Crippen molar-refractivity contribution < 1.29 is 4.79 Å². The third kappa shape index (κ3) is 4.25. The van der Waals surface area contributed by atoms with Crippen LogP contribution < -0.4 is 5.32 Å². The van der Waals surface area contributed by atoms with Gasteiger partial charge >= 0.3 is 0 Å². The first-order valence-electron chi connectivity index (χ1n) is 10.3. The van der Waals surface area contributed by atoms with Crippen molar-refractivity contribution in [3.8, 4) is 0 Å². The summed E-state index contributed by atoms with van der Waals surface area (Å²) < 4.78 is 0. The van der Waals surface area contributed by atoms with E-state index in [1.165, 1.54) is 37.8 Å². The lowest BCUT2D eigenvalue weighted by Crippen LogP contribution is -2.44. The van der Waals surface area contributed by atoms with Gasteiger partial charge in [-0.05, 0) is 50.6 Å². The van der Waals surface area contributed by atoms with Crippen LogP contribution in [0.4, 0.5) is 0 Å². The standard InChI is InChI=1S/C22H34N2O/c1-2-20-13-6-9-17-24(20)18-10-16-23-21(25)22(14-7-8-15-22)19-11-4-3-5-12-19/h3-5,11-12,20H,2,6-10,13-18H2,1H3,(H,23,25). The number of hydrogen-bond donors (Lipinski definition) is 1. The first-order chi connectivity index (χ1) is 12.3. The van der Waals surface area contributed by atoms with Gasteiger partial charge < -0.3 is 10.2 Å². The molecule has 1 saturated heterocycles. The second kappa shape index (κ2) is 8.84. The fraction of sp³-hybridized carbons (Fsp3) is 0.682. The van der Waals surface area contributed by atoms with E-state index in [4.69, 9.17) is 0 Å². The Morgan fingerprint density at radius 1 is 1.16 bits per heavy atom. The van der Waals surface area contributed by atoms with Gasteiger partial charge in [0.05, 0.1) is 5.41 Å². The Bertz CT molecular complexity index is 536. The van der Waals surface area contributed by atoms with Gasteiger partial charge in [-0.15, -0.1) is 0 Å². The summed E-state index contributed by atoms with van der Waals surface area (Å²) >= 11 is 0. The maximum Gasteiger partial charge on any atom is 0.230 e. The number of amides is 1. The largest absolute Gasteiger partial charge is 0.355 e. The summed E-state index contributed by atoms with van der Waals surface area (Å²) in [5.41, 5.74) is 0.922. The Labute approximate surface area is 153 Å². The topological polar surface area (TPSA) is 32.3 Å². The normalized spacial score (nSPS) is 23.5. The Balaban J connectivity index is 1.51. The molecule has 0 bridgehead atoms. The molecule has 25 heavy (non-hydrogen) atoms. The third-order valence-electron chi connectivity index (χ3n) is 6.35. The molecule has 1 aliphatic carbocycles. The van der Waals surface area contributed by atoms with Crippen LogP contribution in [-0.2, 0) is 10.2 Å². The van der Waals surface area contributed by atoms with Gasteiger partial charge in [-0.25, -0.2) is 0 Å². The Morgan fingerprint density at radius 3 is 2.64 bits per heavy atom. The van der Waals surface area contributed by atoms with E-state index in [0.717, 1.165) is 51.2 Å². The SMILES string of the molecule is CCC1CCCCN1CCCNC(=O)C1(c2ccccc2)CCCC1. The van der Waals surface area contributed by atoms with Gasteiger partial charge in [0.1, 0.15) is 0 Å². The minimum Gasteiger partial charge on any atom is -0.355 e. The molecule has 3 rings (SSSR count). The Hall–Kier alpha value is -1.35. The fourth-order valence-corrected chi connectivity index (χ4v) is 4.85. The predicted molar refractivity (Wildman–Crippen MR) is 104 cm³/mol. The highest BCUT2D eigenvalue weighted by Crippen LogP contribution is 2.41. The van der Waals surface area contributed by atoms with E-state index >= 15 is 0 Å². The summed E-state index contributed by atoms with van der Waals surface area (Å²) in [7, 11) is 0. The lowest BCUT2D eigenvalue weighted by atomic mass is 9.78. The quantitative estimate of drug-likeness (QED) is 0.751. The van der Waals surface area contributed by atoms with Gasteiger partial charge in [0.25, 0.3) is 0 Å². The molecule has 0 spiro atoms. The number of carbonyl (C=O) groups is 1. The van der Waals surface area contributed by atoms with E-state index in [1.54, 1.807) is 0 Å². The zero-order valence-corrected chi connectivity index (χ0v) is 15.8. The maximum absolute atomic E-state index is 13.0. The molecule has 1 N–H and O–H groups in total. The molecule has 1 amide bonds. The Morgan fingerprint density at radius 2 is 1.92 bits per heavy atom. The van der Waals surface area contributed by atoms with Crippen molar-refractivity contribution in [3.05, 3.63) is 35.9 Å². The van der Waals surface area contributed by atoms with Crippen LogP contribution in [0.25, 0.3) is 0 Å². The molecule has 2 fully saturated rings. The number of piperidine rings is 1. The lowest BCUT2D eigenvalue weighted by Gasteiger charge is -2.35. The van der Waals surface area contributed by atoms with Crippen LogP contribution in [0.15, 0.2) is 30.3 Å². The molecule has 1 unspecified atom stereocenters. The number of carbonyl (C=O) groups excluding carboxylic acids is 1. The number of rotatable bonds is 7. The van der Waals surface area contributed by atoms with Crippen LogP contribution in [0.1, 0.15) is 70.3 Å². The Kier molecular flexibility index (Phi) is 6.52. The lowest BCUT2D eigenvalue weighted by molar-refractivity contribution is -0.126. The van der Waals surface area contributed by atoms with Crippen LogP contribution >= 0.6 is 0 Å². The minimum atomic E-state index is -0.279. The summed E-state index contributed by atoms with van der Waals surface area (Å²) in [6, 6.07) is 11.2. The van der Waals surface area contributed by atoms with Crippen molar-refractivity contribution in [3.63, 3.8) is 0 Å². The zero-order valence-electron chi connectivity index (χ0n) is 15.8. The summed E-state index contributed by atoms with van der Waals surface area (Å²) in [4.78, 5) is 15.7. The van der Waals surface area contributed by atoms with Gasteiger partial charge in [-0.2, -0.15) is 0 Å². The monoisotopic (exact) mass is 342 g/mol. The second-order valence-corrected chi connectivity index (χ2v) is 7.86. The van der Waals surface area contributed by atoms with Crippen molar-refractivity contribution in [2.45, 2.75) is 76.2 Å². The average Bonchev–Trinajstić information content (AvgIpc) is 3.17. The average molecular weight is 343 g/mol. The minimum absolute atomic E-state index is 0.252. The van der Waals surface area contributed by atoms with E-state index in [-0.39, 0.29) is 11.3 Å². The van der Waals surface area contributed by atoms with Crippen molar-refractivity contribution in [1.82, 2.24) is 10.2 Å². The van der Waals surface area contributed by atoms with E-state index in [9.17, 15) is 4.79 Å². The number of nitrogens with one attached hydrogen (secondary N) is 1. The zero-order chi connectivity index (χ0) is 17.5. The molecule has 0 aromatic heterocycles. The van der Waals surface area contributed by atoms with E-state index in [0.29, 0.717) is 0 Å². The first-order valence-corrected chi connectivity index (χ1v) is 10.3. The molecule has 1 saturated carbocycles. The molecule has 138 valence electrons. The molecule has 0 radical (unpaired) electrons. The van der Waals surface area contributed by atoms with Gasteiger partial charge in [0.2, 0.25) is 5.91 Å². The van der Waals surface area contributed by atoms with Crippen LogP contribution in [0.3, 0.4) is 0 Å². The molecular formula is C22H34N2O. The number of hydrogen-bond acceptors (Lipinski definition) is 2. The van der Waals surface area contributed by atoms with Crippen molar-refractivity contribution >= 4 is 5.91 Å². The molecule has 1 atom stereocenters. The highest BCUT2D eigenvalue weighted by atomic mass is 16.2. The third-order valence-corrected chi connectivity index (χ3v) is 6.35. The van der Waals surface area contributed by atoms with Gasteiger partial charge in [0.15, 0.2) is 0 Å². The number of nitrogens with zero attached hydrogens (tertiary/aromatic N) is 1. The summed E-state index contributed by atoms with van der Waals surface area (Å²) in [6.07, 6.45) is 10.7. The van der Waals surface area contributed by atoms with Crippen molar-refractivity contribution in [2.24, 2.45) is 0 Å². The molecule has 2 aliphatic rings. The summed E-state index contributed by atoms with van der Waals surface area (Å²) in [5.74, 6) is 0.252. The maximum atomic E-state index is 13.0. The first kappa shape index (κ1) is 18.4. The molecule has 3 nitrogen and oxygen atoms in total. The van der Waals surface area contributed by atoms with Crippen LogP contribution in [0, 0.1) is 0 Å². The summed E-state index contributed by atoms with van der Waals surface area (Å²) in [5, 5.41) is 3.27. The second-order valence-electron chi connectivity index (χ2n) is 7.86. The van der Waals surface area contributed by atoms with Gasteiger partial charge in [0, 0.05) is 19.1 Å². The van der Waals surface area contributed by atoms with Crippen LogP contribution in [0.2, 0.25) is 0 Å². The van der Waals surface area contributed by atoms with Gasteiger partial charge in [-0.1, -0.05) is 56.5 Å². The van der Waals surface area contributed by atoms with E-state index < -0.39 is 0 Å². The predicted octanol–water partition coefficient (Wildman–Crippen LogP) is 4.27. The highest BCUT2D eigenvalue weighted by Gasteiger charge is 2.42. The van der Waals surface area contributed by atoms with Crippen LogP contribution in [-0.4, -0.2) is 36.5 Å². The van der Waals surface area contributed by atoms with E-state index in [2.05, 4.69) is 41.4 Å². The molecule has 1 aromatic carbocycles. The fourth-order valence-electron chi connectivity index (χ4n) is 4.85. The van der Waals surface area contributed by atoms with Crippen molar-refractivity contribution in [1.29, 1.82) is 0 Å². The van der Waals surface area contributed by atoms with Crippen LogP contribution in [0.5, 0.6) is 0 Å². The van der Waals surface area contributed by atoms with Crippen molar-refractivity contribution in [2.75, 3.05) is 19.6 Å². The summed E-state index contributed by atoms with van der Waals surface area (Å²) in [6.45, 7) is 5.46. The molecule has 1 aliphatic heterocycles.